The summed E-state index contributed by atoms with van der Waals surface area (Å²) in [6, 6.07) is 5.28. The molecule has 1 aliphatic rings. The van der Waals surface area contributed by atoms with Crippen molar-refractivity contribution in [3.05, 3.63) is 23.8 Å². The highest BCUT2D eigenvalue weighted by atomic mass is 16.5. The molecule has 1 amide bonds. The summed E-state index contributed by atoms with van der Waals surface area (Å²) >= 11 is 0. The molecular formula is C15H22N2O2. The zero-order valence-corrected chi connectivity index (χ0v) is 11.7. The number of anilines is 1. The topological polar surface area (TPSA) is 55.6 Å². The van der Waals surface area contributed by atoms with Crippen molar-refractivity contribution < 1.29 is 9.53 Å². The summed E-state index contributed by atoms with van der Waals surface area (Å²) in [5.74, 6) is 1.40. The third-order valence-electron chi connectivity index (χ3n) is 3.40. The first-order valence-corrected chi connectivity index (χ1v) is 6.97. The van der Waals surface area contributed by atoms with E-state index in [1.165, 1.54) is 12.8 Å². The summed E-state index contributed by atoms with van der Waals surface area (Å²) < 4.78 is 5.38. The van der Waals surface area contributed by atoms with Gasteiger partial charge in [0.05, 0.1) is 12.3 Å². The minimum Gasteiger partial charge on any atom is -0.492 e. The SMILES string of the molecule is CCOc1ccc(C(=O)N(CC)CC2CC2)cc1N. The van der Waals surface area contributed by atoms with Gasteiger partial charge in [0.15, 0.2) is 0 Å². The molecule has 0 bridgehead atoms. The fourth-order valence-electron chi connectivity index (χ4n) is 2.12. The summed E-state index contributed by atoms with van der Waals surface area (Å²) in [5.41, 5.74) is 7.07. The predicted molar refractivity (Wildman–Crippen MR) is 76.3 cm³/mol. The number of hydrogen-bond donors (Lipinski definition) is 1. The van der Waals surface area contributed by atoms with Crippen LogP contribution in [0.1, 0.15) is 37.0 Å². The Morgan fingerprint density at radius 3 is 2.68 bits per heavy atom. The lowest BCUT2D eigenvalue weighted by Gasteiger charge is -2.21. The Labute approximate surface area is 114 Å². The number of nitrogen functional groups attached to an aromatic ring is 1. The molecule has 0 saturated heterocycles. The van der Waals surface area contributed by atoms with Crippen molar-refractivity contribution in [3.63, 3.8) is 0 Å². The van der Waals surface area contributed by atoms with Crippen LogP contribution in [0.25, 0.3) is 0 Å². The second kappa shape index (κ2) is 5.95. The molecule has 0 aliphatic heterocycles. The molecule has 2 rings (SSSR count). The molecule has 2 N–H and O–H groups in total. The smallest absolute Gasteiger partial charge is 0.253 e. The first-order valence-electron chi connectivity index (χ1n) is 6.97. The molecule has 104 valence electrons. The first kappa shape index (κ1) is 13.7. The molecule has 19 heavy (non-hydrogen) atoms. The Balaban J connectivity index is 2.10. The van der Waals surface area contributed by atoms with Gasteiger partial charge >= 0.3 is 0 Å². The van der Waals surface area contributed by atoms with Gasteiger partial charge in [0, 0.05) is 18.7 Å². The molecule has 0 atom stereocenters. The van der Waals surface area contributed by atoms with Crippen LogP contribution in [0.15, 0.2) is 18.2 Å². The average molecular weight is 262 g/mol. The largest absolute Gasteiger partial charge is 0.492 e. The van der Waals surface area contributed by atoms with Gasteiger partial charge in [-0.05, 0) is 50.8 Å². The minimum atomic E-state index is 0.0594. The molecule has 4 nitrogen and oxygen atoms in total. The van der Waals surface area contributed by atoms with E-state index in [2.05, 4.69) is 0 Å². The Hall–Kier alpha value is -1.71. The number of nitrogens with two attached hydrogens (primary N) is 1. The number of amides is 1. The van der Waals surface area contributed by atoms with Crippen LogP contribution in [0.2, 0.25) is 0 Å². The average Bonchev–Trinajstić information content (AvgIpc) is 3.22. The van der Waals surface area contributed by atoms with Crippen molar-refractivity contribution in [1.29, 1.82) is 0 Å². The number of nitrogens with zero attached hydrogens (tertiary/aromatic N) is 1. The van der Waals surface area contributed by atoms with Crippen molar-refractivity contribution in [1.82, 2.24) is 4.90 Å². The molecule has 1 aromatic carbocycles. The summed E-state index contributed by atoms with van der Waals surface area (Å²) in [6.45, 7) is 6.09. The van der Waals surface area contributed by atoms with E-state index < -0.39 is 0 Å². The van der Waals surface area contributed by atoms with Gasteiger partial charge in [-0.1, -0.05) is 0 Å². The van der Waals surface area contributed by atoms with E-state index in [-0.39, 0.29) is 5.91 Å². The molecule has 1 saturated carbocycles. The van der Waals surface area contributed by atoms with Gasteiger partial charge in [0.2, 0.25) is 0 Å². The van der Waals surface area contributed by atoms with Crippen molar-refractivity contribution in [2.45, 2.75) is 26.7 Å². The number of benzene rings is 1. The second-order valence-corrected chi connectivity index (χ2v) is 4.97. The van der Waals surface area contributed by atoms with Gasteiger partial charge in [0.25, 0.3) is 5.91 Å². The van der Waals surface area contributed by atoms with Gasteiger partial charge in [-0.25, -0.2) is 0 Å². The van der Waals surface area contributed by atoms with E-state index >= 15 is 0 Å². The van der Waals surface area contributed by atoms with Crippen LogP contribution in [-0.4, -0.2) is 30.5 Å². The van der Waals surface area contributed by atoms with Gasteiger partial charge in [-0.15, -0.1) is 0 Å². The zero-order chi connectivity index (χ0) is 13.8. The third kappa shape index (κ3) is 3.40. The fraction of sp³-hybridized carbons (Fsp3) is 0.533. The van der Waals surface area contributed by atoms with Crippen LogP contribution in [0.4, 0.5) is 5.69 Å². The Morgan fingerprint density at radius 1 is 1.42 bits per heavy atom. The third-order valence-corrected chi connectivity index (χ3v) is 3.40. The van der Waals surface area contributed by atoms with Crippen molar-refractivity contribution in [2.75, 3.05) is 25.4 Å². The number of carbonyl (C=O) groups is 1. The normalized spacial score (nSPS) is 14.2. The molecule has 4 heteroatoms. The number of ether oxygens (including phenoxy) is 1. The molecule has 1 aliphatic carbocycles. The predicted octanol–water partition coefficient (Wildman–Crippen LogP) is 2.54. The monoisotopic (exact) mass is 262 g/mol. The highest BCUT2D eigenvalue weighted by Gasteiger charge is 2.26. The standard InChI is InChI=1S/C15H22N2O2/c1-3-17(10-11-5-6-11)15(18)12-7-8-14(19-4-2)13(16)9-12/h7-9,11H,3-6,10,16H2,1-2H3. The summed E-state index contributed by atoms with van der Waals surface area (Å²) in [5, 5.41) is 0. The first-order chi connectivity index (χ1) is 9.15. The quantitative estimate of drug-likeness (QED) is 0.801. The molecule has 1 fully saturated rings. The van der Waals surface area contributed by atoms with E-state index in [0.717, 1.165) is 13.1 Å². The van der Waals surface area contributed by atoms with E-state index in [1.807, 2.05) is 18.7 Å². The Morgan fingerprint density at radius 2 is 2.16 bits per heavy atom. The molecule has 1 aromatic rings. The maximum atomic E-state index is 12.4. The molecule has 0 unspecified atom stereocenters. The highest BCUT2D eigenvalue weighted by molar-refractivity contribution is 5.95. The van der Waals surface area contributed by atoms with Crippen LogP contribution in [-0.2, 0) is 0 Å². The molecular weight excluding hydrogens is 240 g/mol. The molecule has 0 radical (unpaired) electrons. The summed E-state index contributed by atoms with van der Waals surface area (Å²) in [4.78, 5) is 14.3. The van der Waals surface area contributed by atoms with Crippen LogP contribution < -0.4 is 10.5 Å². The minimum absolute atomic E-state index is 0.0594. The van der Waals surface area contributed by atoms with E-state index in [1.54, 1.807) is 18.2 Å². The number of rotatable bonds is 6. The fourth-order valence-corrected chi connectivity index (χ4v) is 2.12. The molecule has 0 aromatic heterocycles. The molecule has 0 spiro atoms. The van der Waals surface area contributed by atoms with Gasteiger partial charge < -0.3 is 15.4 Å². The van der Waals surface area contributed by atoms with Crippen LogP contribution in [0.3, 0.4) is 0 Å². The Bertz CT molecular complexity index is 455. The lowest BCUT2D eigenvalue weighted by atomic mass is 10.1. The Kier molecular flexibility index (Phi) is 4.30. The molecule has 0 heterocycles. The van der Waals surface area contributed by atoms with Crippen LogP contribution in [0, 0.1) is 5.92 Å². The second-order valence-electron chi connectivity index (χ2n) is 4.97. The maximum absolute atomic E-state index is 12.4. The van der Waals surface area contributed by atoms with E-state index in [4.69, 9.17) is 10.5 Å². The number of carbonyl (C=O) groups excluding carboxylic acids is 1. The van der Waals surface area contributed by atoms with Gasteiger partial charge in [-0.3, -0.25) is 4.79 Å². The van der Waals surface area contributed by atoms with Crippen LogP contribution in [0.5, 0.6) is 5.75 Å². The van der Waals surface area contributed by atoms with E-state index in [0.29, 0.717) is 29.5 Å². The summed E-state index contributed by atoms with van der Waals surface area (Å²) in [6.07, 6.45) is 2.49. The zero-order valence-electron chi connectivity index (χ0n) is 11.7. The maximum Gasteiger partial charge on any atom is 0.253 e. The van der Waals surface area contributed by atoms with Crippen molar-refractivity contribution >= 4 is 11.6 Å². The van der Waals surface area contributed by atoms with Crippen LogP contribution >= 0.6 is 0 Å². The van der Waals surface area contributed by atoms with E-state index in [9.17, 15) is 4.79 Å². The summed E-state index contributed by atoms with van der Waals surface area (Å²) in [7, 11) is 0. The highest BCUT2D eigenvalue weighted by Crippen LogP contribution is 2.30. The van der Waals surface area contributed by atoms with Crippen molar-refractivity contribution in [3.8, 4) is 5.75 Å². The number of hydrogen-bond acceptors (Lipinski definition) is 3. The lowest BCUT2D eigenvalue weighted by molar-refractivity contribution is 0.0757. The van der Waals surface area contributed by atoms with Gasteiger partial charge in [0.1, 0.15) is 5.75 Å². The lowest BCUT2D eigenvalue weighted by Crippen LogP contribution is -2.32. The van der Waals surface area contributed by atoms with Crippen molar-refractivity contribution in [2.24, 2.45) is 5.92 Å². The van der Waals surface area contributed by atoms with Gasteiger partial charge in [-0.2, -0.15) is 0 Å².